The number of hydrogen-bond donors (Lipinski definition) is 2. The molecule has 0 aliphatic rings. The molecule has 1 unspecified atom stereocenters. The summed E-state index contributed by atoms with van der Waals surface area (Å²) in [5.74, 6) is -1.84. The highest BCUT2D eigenvalue weighted by atomic mass is 127. The number of carbonyl (C=O) groups excluding carboxylic acids is 1. The van der Waals surface area contributed by atoms with Crippen molar-refractivity contribution in [2.45, 2.75) is 12.5 Å². The minimum atomic E-state index is -0.715. The standard InChI is InChI=1S/C11H13F2IN2O2/c1-18-7(5-15)4-10(17)16-6-2-8(12)11(14)9(13)3-6/h2-3,7H,4-5,15H2,1H3,(H,16,17). The summed E-state index contributed by atoms with van der Waals surface area (Å²) in [5, 5.41) is 2.39. The van der Waals surface area contributed by atoms with Crippen molar-refractivity contribution in [2.75, 3.05) is 19.0 Å². The summed E-state index contributed by atoms with van der Waals surface area (Å²) in [5.41, 5.74) is 5.44. The number of rotatable bonds is 5. The Morgan fingerprint density at radius 3 is 2.50 bits per heavy atom. The number of anilines is 1. The minimum absolute atomic E-state index is 0.0300. The van der Waals surface area contributed by atoms with Gasteiger partial charge in [-0.1, -0.05) is 0 Å². The normalized spacial score (nSPS) is 12.3. The predicted molar refractivity (Wildman–Crippen MR) is 72.2 cm³/mol. The van der Waals surface area contributed by atoms with Crippen LogP contribution in [0.1, 0.15) is 6.42 Å². The Balaban J connectivity index is 2.70. The summed E-state index contributed by atoms with van der Waals surface area (Å²) in [7, 11) is 1.44. The van der Waals surface area contributed by atoms with Gasteiger partial charge >= 0.3 is 0 Å². The van der Waals surface area contributed by atoms with E-state index in [0.29, 0.717) is 0 Å². The van der Waals surface area contributed by atoms with Crippen molar-refractivity contribution in [1.29, 1.82) is 0 Å². The Labute approximate surface area is 117 Å². The van der Waals surface area contributed by atoms with E-state index in [2.05, 4.69) is 5.32 Å². The molecule has 0 spiro atoms. The largest absolute Gasteiger partial charge is 0.380 e. The van der Waals surface area contributed by atoms with E-state index in [1.165, 1.54) is 7.11 Å². The Kier molecular flexibility index (Phi) is 5.89. The lowest BCUT2D eigenvalue weighted by atomic mass is 10.2. The van der Waals surface area contributed by atoms with Crippen molar-refractivity contribution < 1.29 is 18.3 Å². The molecule has 0 saturated heterocycles. The van der Waals surface area contributed by atoms with Crippen LogP contribution in [-0.2, 0) is 9.53 Å². The lowest BCUT2D eigenvalue weighted by molar-refractivity contribution is -0.118. The maximum absolute atomic E-state index is 13.2. The molecule has 0 aliphatic heterocycles. The van der Waals surface area contributed by atoms with Crippen LogP contribution in [0.4, 0.5) is 14.5 Å². The van der Waals surface area contributed by atoms with Crippen molar-refractivity contribution in [2.24, 2.45) is 5.73 Å². The lowest BCUT2D eigenvalue weighted by Crippen LogP contribution is -2.28. The molecule has 4 nitrogen and oxygen atoms in total. The molecule has 1 aromatic rings. The Bertz CT molecular complexity index is 416. The van der Waals surface area contributed by atoms with Crippen molar-refractivity contribution >= 4 is 34.2 Å². The average molecular weight is 370 g/mol. The average Bonchev–Trinajstić information content (AvgIpc) is 2.32. The van der Waals surface area contributed by atoms with Crippen LogP contribution in [0.3, 0.4) is 0 Å². The monoisotopic (exact) mass is 370 g/mol. The van der Waals surface area contributed by atoms with E-state index in [-0.39, 0.29) is 22.2 Å². The number of amides is 1. The number of methoxy groups -OCH3 is 1. The summed E-state index contributed by atoms with van der Waals surface area (Å²) in [6.45, 7) is 0.194. The van der Waals surface area contributed by atoms with Crippen molar-refractivity contribution in [3.05, 3.63) is 27.3 Å². The van der Waals surface area contributed by atoms with Crippen LogP contribution in [0.15, 0.2) is 12.1 Å². The van der Waals surface area contributed by atoms with E-state index in [1.807, 2.05) is 0 Å². The maximum Gasteiger partial charge on any atom is 0.227 e. The molecule has 0 aliphatic carbocycles. The van der Waals surface area contributed by atoms with Crippen LogP contribution >= 0.6 is 22.6 Å². The number of ether oxygens (including phenoxy) is 1. The highest BCUT2D eigenvalue weighted by molar-refractivity contribution is 14.1. The van der Waals surface area contributed by atoms with Crippen LogP contribution in [0.25, 0.3) is 0 Å². The number of carbonyl (C=O) groups is 1. The van der Waals surface area contributed by atoms with Gasteiger partial charge in [0.15, 0.2) is 0 Å². The summed E-state index contributed by atoms with van der Waals surface area (Å²) in [4.78, 5) is 11.6. The number of nitrogens with one attached hydrogen (secondary N) is 1. The molecule has 0 radical (unpaired) electrons. The molecule has 0 saturated carbocycles. The van der Waals surface area contributed by atoms with Crippen molar-refractivity contribution in [3.63, 3.8) is 0 Å². The number of halogens is 3. The smallest absolute Gasteiger partial charge is 0.227 e. The first-order valence-corrected chi connectivity index (χ1v) is 6.23. The summed E-state index contributed by atoms with van der Waals surface area (Å²) in [6.07, 6.45) is -0.383. The molecule has 100 valence electrons. The quantitative estimate of drug-likeness (QED) is 0.615. The fourth-order valence-electron chi connectivity index (χ4n) is 1.31. The first-order chi connectivity index (χ1) is 8.47. The molecule has 1 aromatic carbocycles. The third kappa shape index (κ3) is 4.14. The first-order valence-electron chi connectivity index (χ1n) is 5.15. The predicted octanol–water partition coefficient (Wildman–Crippen LogP) is 1.87. The minimum Gasteiger partial charge on any atom is -0.380 e. The molecule has 7 heteroatoms. The van der Waals surface area contributed by atoms with Gasteiger partial charge in [-0.3, -0.25) is 4.79 Å². The summed E-state index contributed by atoms with van der Waals surface area (Å²) >= 11 is 1.55. The van der Waals surface area contributed by atoms with Gasteiger partial charge in [0.25, 0.3) is 0 Å². The van der Waals surface area contributed by atoms with Crippen molar-refractivity contribution in [3.8, 4) is 0 Å². The van der Waals surface area contributed by atoms with Gasteiger partial charge in [0.1, 0.15) is 11.6 Å². The number of nitrogens with two attached hydrogens (primary N) is 1. The molecule has 1 amide bonds. The van der Waals surface area contributed by atoms with E-state index in [9.17, 15) is 13.6 Å². The van der Waals surface area contributed by atoms with Crippen LogP contribution in [0.2, 0.25) is 0 Å². The molecule has 18 heavy (non-hydrogen) atoms. The molecule has 3 N–H and O–H groups in total. The number of benzene rings is 1. The molecule has 0 fully saturated rings. The topological polar surface area (TPSA) is 64.3 Å². The van der Waals surface area contributed by atoms with Crippen LogP contribution in [0.5, 0.6) is 0 Å². The van der Waals surface area contributed by atoms with E-state index >= 15 is 0 Å². The van der Waals surface area contributed by atoms with Gasteiger partial charge in [-0.15, -0.1) is 0 Å². The SMILES string of the molecule is COC(CN)CC(=O)Nc1cc(F)c(I)c(F)c1. The molecule has 0 aromatic heterocycles. The van der Waals surface area contributed by atoms with Crippen molar-refractivity contribution in [1.82, 2.24) is 0 Å². The Morgan fingerprint density at radius 2 is 2.06 bits per heavy atom. The highest BCUT2D eigenvalue weighted by Gasteiger charge is 2.14. The molecule has 0 heterocycles. The molecule has 0 bridgehead atoms. The van der Waals surface area contributed by atoms with Crippen LogP contribution in [-0.4, -0.2) is 25.7 Å². The molecular formula is C11H13F2IN2O2. The fourth-order valence-corrected chi connectivity index (χ4v) is 1.62. The Hall–Kier alpha value is -0.800. The zero-order valence-electron chi connectivity index (χ0n) is 9.67. The lowest BCUT2D eigenvalue weighted by Gasteiger charge is -2.12. The molecule has 1 atom stereocenters. The van der Waals surface area contributed by atoms with Gasteiger partial charge in [-0.05, 0) is 34.7 Å². The zero-order chi connectivity index (χ0) is 13.7. The second-order valence-corrected chi connectivity index (χ2v) is 4.68. The van der Waals surface area contributed by atoms with Crippen LogP contribution < -0.4 is 11.1 Å². The molecular weight excluding hydrogens is 357 g/mol. The third-order valence-electron chi connectivity index (χ3n) is 2.28. The summed E-state index contributed by atoms with van der Waals surface area (Å²) < 4.78 is 31.3. The summed E-state index contributed by atoms with van der Waals surface area (Å²) in [6, 6.07) is 2.13. The second-order valence-electron chi connectivity index (χ2n) is 3.60. The van der Waals surface area contributed by atoms with Gasteiger partial charge in [0, 0.05) is 19.3 Å². The molecule has 1 rings (SSSR count). The van der Waals surface area contributed by atoms with Gasteiger partial charge in [-0.2, -0.15) is 0 Å². The van der Waals surface area contributed by atoms with E-state index in [4.69, 9.17) is 10.5 Å². The Morgan fingerprint density at radius 1 is 1.50 bits per heavy atom. The first kappa shape index (κ1) is 15.3. The van der Waals surface area contributed by atoms with E-state index in [0.717, 1.165) is 12.1 Å². The van der Waals surface area contributed by atoms with E-state index in [1.54, 1.807) is 22.6 Å². The fraction of sp³-hybridized carbons (Fsp3) is 0.364. The third-order valence-corrected chi connectivity index (χ3v) is 3.31. The second kappa shape index (κ2) is 6.95. The van der Waals surface area contributed by atoms with Gasteiger partial charge in [0.2, 0.25) is 5.91 Å². The highest BCUT2D eigenvalue weighted by Crippen LogP contribution is 2.20. The van der Waals surface area contributed by atoms with Gasteiger partial charge in [0.05, 0.1) is 16.1 Å². The van der Waals surface area contributed by atoms with Gasteiger partial charge < -0.3 is 15.8 Å². The maximum atomic E-state index is 13.2. The van der Waals surface area contributed by atoms with Gasteiger partial charge in [-0.25, -0.2) is 8.78 Å². The van der Waals surface area contributed by atoms with Crippen LogP contribution in [0, 0.1) is 15.2 Å². The van der Waals surface area contributed by atoms with E-state index < -0.39 is 23.6 Å². The zero-order valence-corrected chi connectivity index (χ0v) is 11.8. The number of hydrogen-bond acceptors (Lipinski definition) is 3.